The first-order chi connectivity index (χ1) is 9.36. The molecule has 2 unspecified atom stereocenters. The maximum absolute atomic E-state index is 13.7. The third-order valence-electron chi connectivity index (χ3n) is 3.46. The van der Waals surface area contributed by atoms with E-state index in [1.54, 1.807) is 13.0 Å². The summed E-state index contributed by atoms with van der Waals surface area (Å²) in [6.45, 7) is 3.49. The number of halogens is 1. The first kappa shape index (κ1) is 14.3. The van der Waals surface area contributed by atoms with Crippen LogP contribution >= 0.6 is 0 Å². The fraction of sp³-hybridized carbons (Fsp3) is 0.357. The number of hydrogen-bond acceptors (Lipinski definition) is 3. The molecule has 0 saturated heterocycles. The molecule has 1 aromatic rings. The Morgan fingerprint density at radius 1 is 1.40 bits per heavy atom. The Labute approximate surface area is 116 Å². The zero-order valence-corrected chi connectivity index (χ0v) is 11.3. The van der Waals surface area contributed by atoms with Gasteiger partial charge in [0, 0.05) is 5.56 Å². The van der Waals surface area contributed by atoms with Crippen LogP contribution in [0.25, 0.3) is 0 Å². The van der Waals surface area contributed by atoms with Crippen molar-refractivity contribution in [1.82, 2.24) is 5.32 Å². The molecule has 0 fully saturated rings. The molecule has 1 aliphatic rings. The molecule has 0 aromatic heterocycles. The molecule has 6 heteroatoms. The van der Waals surface area contributed by atoms with Gasteiger partial charge in [-0.3, -0.25) is 9.59 Å². The lowest BCUT2D eigenvalue weighted by Crippen LogP contribution is -2.57. The Bertz CT molecular complexity index is 596. The van der Waals surface area contributed by atoms with Crippen molar-refractivity contribution < 1.29 is 14.0 Å². The van der Waals surface area contributed by atoms with E-state index in [2.05, 4.69) is 10.3 Å². The van der Waals surface area contributed by atoms with Crippen LogP contribution in [0.2, 0.25) is 0 Å². The molecule has 0 radical (unpaired) electrons. The zero-order chi connectivity index (χ0) is 14.9. The quantitative estimate of drug-likeness (QED) is 0.811. The van der Waals surface area contributed by atoms with Crippen LogP contribution in [0.15, 0.2) is 29.3 Å². The minimum atomic E-state index is -1.26. The fourth-order valence-corrected chi connectivity index (χ4v) is 1.93. The molecule has 1 aromatic carbocycles. The van der Waals surface area contributed by atoms with E-state index in [9.17, 15) is 14.0 Å². The van der Waals surface area contributed by atoms with Crippen molar-refractivity contribution in [1.29, 1.82) is 0 Å². The van der Waals surface area contributed by atoms with Crippen molar-refractivity contribution in [2.45, 2.75) is 31.7 Å². The highest BCUT2D eigenvalue weighted by Gasteiger charge is 2.38. The highest BCUT2D eigenvalue weighted by molar-refractivity contribution is 6.20. The lowest BCUT2D eigenvalue weighted by atomic mass is 9.92. The summed E-state index contributed by atoms with van der Waals surface area (Å²) >= 11 is 0. The third kappa shape index (κ3) is 2.46. The summed E-state index contributed by atoms with van der Waals surface area (Å²) in [5, 5.41) is 2.51. The average molecular weight is 277 g/mol. The molecule has 0 aliphatic carbocycles. The molecule has 5 nitrogen and oxygen atoms in total. The van der Waals surface area contributed by atoms with E-state index in [0.717, 1.165) is 0 Å². The molecule has 2 rings (SSSR count). The van der Waals surface area contributed by atoms with Crippen LogP contribution in [0, 0.1) is 5.82 Å². The van der Waals surface area contributed by atoms with E-state index >= 15 is 0 Å². The average Bonchev–Trinajstić information content (AvgIpc) is 2.40. The molecule has 3 N–H and O–H groups in total. The molecular formula is C14H16FN3O2. The van der Waals surface area contributed by atoms with E-state index < -0.39 is 29.1 Å². The Morgan fingerprint density at radius 3 is 2.60 bits per heavy atom. The summed E-state index contributed by atoms with van der Waals surface area (Å²) in [7, 11) is 0. The van der Waals surface area contributed by atoms with Gasteiger partial charge in [-0.2, -0.15) is 4.99 Å². The number of rotatable bonds is 3. The lowest BCUT2D eigenvalue weighted by Gasteiger charge is -2.29. The van der Waals surface area contributed by atoms with Crippen LogP contribution in [-0.4, -0.2) is 23.2 Å². The summed E-state index contributed by atoms with van der Waals surface area (Å²) in [4.78, 5) is 28.0. The molecule has 106 valence electrons. The Morgan fingerprint density at radius 2 is 2.05 bits per heavy atom. The zero-order valence-electron chi connectivity index (χ0n) is 11.3. The van der Waals surface area contributed by atoms with Crippen molar-refractivity contribution in [2.75, 3.05) is 0 Å². The first-order valence-corrected chi connectivity index (χ1v) is 6.34. The second-order valence-corrected chi connectivity index (χ2v) is 5.01. The largest absolute Gasteiger partial charge is 0.319 e. The highest BCUT2D eigenvalue weighted by atomic mass is 19.1. The van der Waals surface area contributed by atoms with Gasteiger partial charge in [-0.15, -0.1) is 0 Å². The number of nitrogens with one attached hydrogen (secondary N) is 1. The second-order valence-electron chi connectivity index (χ2n) is 5.01. The van der Waals surface area contributed by atoms with Crippen LogP contribution < -0.4 is 11.1 Å². The predicted octanol–water partition coefficient (Wildman–Crippen LogP) is 1.09. The number of hydrogen-bond donors (Lipinski definition) is 2. The van der Waals surface area contributed by atoms with Gasteiger partial charge in [0.25, 0.3) is 5.91 Å². The van der Waals surface area contributed by atoms with Crippen molar-refractivity contribution in [2.24, 2.45) is 10.7 Å². The molecule has 0 bridgehead atoms. The smallest absolute Gasteiger partial charge is 0.264 e. The van der Waals surface area contributed by atoms with Gasteiger partial charge in [0.1, 0.15) is 17.6 Å². The number of benzene rings is 1. The molecule has 0 saturated carbocycles. The minimum absolute atomic E-state index is 0.0213. The molecular weight excluding hydrogens is 261 g/mol. The fourth-order valence-electron chi connectivity index (χ4n) is 1.93. The molecule has 2 atom stereocenters. The normalized spacial score (nSPS) is 22.0. The molecule has 2 amide bonds. The maximum Gasteiger partial charge on any atom is 0.264 e. The van der Waals surface area contributed by atoms with Crippen molar-refractivity contribution in [3.05, 3.63) is 35.6 Å². The second kappa shape index (κ2) is 5.13. The van der Waals surface area contributed by atoms with Crippen molar-refractivity contribution in [3.63, 3.8) is 0 Å². The van der Waals surface area contributed by atoms with Crippen molar-refractivity contribution >= 4 is 17.6 Å². The number of amides is 2. The van der Waals surface area contributed by atoms with Crippen LogP contribution in [0.5, 0.6) is 0 Å². The maximum atomic E-state index is 13.7. The highest BCUT2D eigenvalue weighted by Crippen LogP contribution is 2.24. The monoisotopic (exact) mass is 277 g/mol. The van der Waals surface area contributed by atoms with Gasteiger partial charge < -0.3 is 11.1 Å². The summed E-state index contributed by atoms with van der Waals surface area (Å²) in [6.07, 6.45) is 0.504. The van der Waals surface area contributed by atoms with Crippen LogP contribution in [0.1, 0.15) is 31.7 Å². The number of amidine groups is 1. The SMILES string of the molecule is CCC(C)(N)C1=NC(=O)C(c2ccccc2F)C(=O)N1. The van der Waals surface area contributed by atoms with E-state index in [-0.39, 0.29) is 11.4 Å². The Balaban J connectivity index is 2.40. The van der Waals surface area contributed by atoms with Crippen LogP contribution in [-0.2, 0) is 9.59 Å². The van der Waals surface area contributed by atoms with Gasteiger partial charge in [-0.05, 0) is 19.4 Å². The van der Waals surface area contributed by atoms with Gasteiger partial charge in [-0.25, -0.2) is 4.39 Å². The molecule has 1 aliphatic heterocycles. The summed E-state index contributed by atoms with van der Waals surface area (Å²) in [5.41, 5.74) is 5.08. The predicted molar refractivity (Wildman–Crippen MR) is 72.6 cm³/mol. The van der Waals surface area contributed by atoms with Gasteiger partial charge in [0.15, 0.2) is 0 Å². The van der Waals surface area contributed by atoms with E-state index in [1.807, 2.05) is 6.92 Å². The van der Waals surface area contributed by atoms with Crippen molar-refractivity contribution in [3.8, 4) is 0 Å². The number of aliphatic imine (C=N–C) groups is 1. The van der Waals surface area contributed by atoms with Gasteiger partial charge >= 0.3 is 0 Å². The lowest BCUT2D eigenvalue weighted by molar-refractivity contribution is -0.130. The van der Waals surface area contributed by atoms with E-state index in [4.69, 9.17) is 5.73 Å². The standard InChI is InChI=1S/C14H16FN3O2/c1-3-14(2,16)13-17-11(19)10(12(20)18-13)8-6-4-5-7-9(8)15/h4-7,10H,3,16H2,1-2H3,(H,17,18,19,20). The van der Waals surface area contributed by atoms with Crippen LogP contribution in [0.3, 0.4) is 0 Å². The first-order valence-electron chi connectivity index (χ1n) is 6.34. The number of carbonyl (C=O) groups is 2. The van der Waals surface area contributed by atoms with Gasteiger partial charge in [0.05, 0.1) is 5.54 Å². The Hall–Kier alpha value is -2.08. The van der Waals surface area contributed by atoms with Gasteiger partial charge in [-0.1, -0.05) is 25.1 Å². The molecule has 1 heterocycles. The number of nitrogens with two attached hydrogens (primary N) is 1. The van der Waals surface area contributed by atoms with Gasteiger partial charge in [0.2, 0.25) is 5.91 Å². The van der Waals surface area contributed by atoms with Crippen LogP contribution in [0.4, 0.5) is 4.39 Å². The summed E-state index contributed by atoms with van der Waals surface area (Å²) < 4.78 is 13.7. The van der Waals surface area contributed by atoms with E-state index in [0.29, 0.717) is 6.42 Å². The summed E-state index contributed by atoms with van der Waals surface area (Å²) in [6, 6.07) is 5.66. The Kier molecular flexibility index (Phi) is 3.67. The molecule has 0 spiro atoms. The number of nitrogens with zero attached hydrogens (tertiary/aromatic N) is 1. The topological polar surface area (TPSA) is 84.5 Å². The van der Waals surface area contributed by atoms with E-state index in [1.165, 1.54) is 18.2 Å². The summed E-state index contributed by atoms with van der Waals surface area (Å²) in [5.74, 6) is -3.03. The molecule has 20 heavy (non-hydrogen) atoms. The number of carbonyl (C=O) groups excluding carboxylic acids is 2. The minimum Gasteiger partial charge on any atom is -0.319 e. The third-order valence-corrected chi connectivity index (χ3v) is 3.46.